The zero-order valence-electron chi connectivity index (χ0n) is 10.7. The molecule has 0 aliphatic heterocycles. The first-order valence-electron chi connectivity index (χ1n) is 5.94. The van der Waals surface area contributed by atoms with E-state index in [4.69, 9.17) is 5.11 Å². The third-order valence-corrected chi connectivity index (χ3v) is 3.22. The Hall–Kier alpha value is -2.54. The standard InChI is InChI=1S/C14H11FN2O3S/c15-10-4-1-9(2-5-10)3-6-12(18)17-14-16-11(8-21-14)7-13(19)20/h1-6,8H,7H2,(H,19,20)(H,16,17,18)/b6-3+. The molecule has 1 heterocycles. The first-order chi connectivity index (χ1) is 10.0. The third-order valence-electron chi connectivity index (χ3n) is 2.41. The average molecular weight is 306 g/mol. The van der Waals surface area contributed by atoms with Crippen LogP contribution < -0.4 is 5.32 Å². The van der Waals surface area contributed by atoms with Crippen molar-refractivity contribution in [1.29, 1.82) is 0 Å². The molecule has 0 atom stereocenters. The van der Waals surface area contributed by atoms with Crippen molar-refractivity contribution >= 4 is 34.4 Å². The molecule has 1 amide bonds. The summed E-state index contributed by atoms with van der Waals surface area (Å²) >= 11 is 1.15. The van der Waals surface area contributed by atoms with Gasteiger partial charge < -0.3 is 5.11 Å². The van der Waals surface area contributed by atoms with Crippen LogP contribution >= 0.6 is 11.3 Å². The molecule has 0 aliphatic carbocycles. The van der Waals surface area contributed by atoms with E-state index >= 15 is 0 Å². The molecule has 0 unspecified atom stereocenters. The first-order valence-corrected chi connectivity index (χ1v) is 6.82. The van der Waals surface area contributed by atoms with Crippen molar-refractivity contribution in [3.05, 3.63) is 52.8 Å². The number of carboxylic acid groups (broad SMARTS) is 1. The highest BCUT2D eigenvalue weighted by atomic mass is 32.1. The number of halogens is 1. The summed E-state index contributed by atoms with van der Waals surface area (Å²) in [6.45, 7) is 0. The largest absolute Gasteiger partial charge is 0.481 e. The SMILES string of the molecule is O=C(O)Cc1csc(NC(=O)/C=C/c2ccc(F)cc2)n1. The van der Waals surface area contributed by atoms with E-state index in [1.54, 1.807) is 23.6 Å². The lowest BCUT2D eigenvalue weighted by Gasteiger charge is -1.96. The number of carbonyl (C=O) groups is 2. The van der Waals surface area contributed by atoms with Crippen molar-refractivity contribution in [2.24, 2.45) is 0 Å². The molecule has 0 radical (unpaired) electrons. The van der Waals surface area contributed by atoms with E-state index in [9.17, 15) is 14.0 Å². The van der Waals surface area contributed by atoms with E-state index in [1.165, 1.54) is 18.2 Å². The zero-order chi connectivity index (χ0) is 15.2. The topological polar surface area (TPSA) is 79.3 Å². The normalized spacial score (nSPS) is 10.7. The van der Waals surface area contributed by atoms with Crippen molar-refractivity contribution in [1.82, 2.24) is 4.98 Å². The number of nitrogens with zero attached hydrogens (tertiary/aromatic N) is 1. The molecule has 2 rings (SSSR count). The number of aliphatic carboxylic acids is 1. The minimum absolute atomic E-state index is 0.183. The monoisotopic (exact) mass is 306 g/mol. The van der Waals surface area contributed by atoms with Crippen LogP contribution in [0.25, 0.3) is 6.08 Å². The molecule has 0 saturated carbocycles. The van der Waals surface area contributed by atoms with Crippen LogP contribution in [-0.4, -0.2) is 22.0 Å². The van der Waals surface area contributed by atoms with Gasteiger partial charge in [0.05, 0.1) is 12.1 Å². The van der Waals surface area contributed by atoms with E-state index in [0.29, 0.717) is 16.4 Å². The van der Waals surface area contributed by atoms with Gasteiger partial charge in [-0.1, -0.05) is 12.1 Å². The lowest BCUT2D eigenvalue weighted by Crippen LogP contribution is -2.08. The van der Waals surface area contributed by atoms with Gasteiger partial charge in [0, 0.05) is 11.5 Å². The minimum atomic E-state index is -0.977. The van der Waals surface area contributed by atoms with Gasteiger partial charge in [-0.15, -0.1) is 11.3 Å². The number of benzene rings is 1. The van der Waals surface area contributed by atoms with Gasteiger partial charge in [-0.05, 0) is 23.8 Å². The molecule has 108 valence electrons. The summed E-state index contributed by atoms with van der Waals surface area (Å²) in [4.78, 5) is 26.2. The van der Waals surface area contributed by atoms with E-state index in [0.717, 1.165) is 11.3 Å². The van der Waals surface area contributed by atoms with Gasteiger partial charge in [0.25, 0.3) is 0 Å². The van der Waals surface area contributed by atoms with Crippen molar-refractivity contribution in [2.45, 2.75) is 6.42 Å². The van der Waals surface area contributed by atoms with Crippen LogP contribution in [0, 0.1) is 5.82 Å². The first kappa shape index (κ1) is 14.9. The van der Waals surface area contributed by atoms with Crippen molar-refractivity contribution in [3.63, 3.8) is 0 Å². The van der Waals surface area contributed by atoms with Crippen LogP contribution in [0.5, 0.6) is 0 Å². The second-order valence-electron chi connectivity index (χ2n) is 4.09. The summed E-state index contributed by atoms with van der Waals surface area (Å²) in [6.07, 6.45) is 2.66. The number of thiazole rings is 1. The molecule has 2 N–H and O–H groups in total. The minimum Gasteiger partial charge on any atom is -0.481 e. The Bertz CT molecular complexity index is 680. The number of rotatable bonds is 5. The molecule has 2 aromatic rings. The molecule has 1 aromatic carbocycles. The van der Waals surface area contributed by atoms with E-state index in [-0.39, 0.29) is 12.2 Å². The van der Waals surface area contributed by atoms with Crippen molar-refractivity contribution in [2.75, 3.05) is 5.32 Å². The molecule has 0 spiro atoms. The summed E-state index contributed by atoms with van der Waals surface area (Å²) in [5, 5.41) is 13.1. The number of nitrogens with one attached hydrogen (secondary N) is 1. The smallest absolute Gasteiger partial charge is 0.309 e. The molecular weight excluding hydrogens is 295 g/mol. The second-order valence-corrected chi connectivity index (χ2v) is 4.95. The quantitative estimate of drug-likeness (QED) is 0.832. The maximum atomic E-state index is 12.7. The molecular formula is C14H11FN2O3S. The number of amides is 1. The Balaban J connectivity index is 1.93. The number of carboxylic acids is 1. The highest BCUT2D eigenvalue weighted by Gasteiger charge is 2.07. The number of aromatic nitrogens is 1. The van der Waals surface area contributed by atoms with Crippen LogP contribution in [-0.2, 0) is 16.0 Å². The summed E-state index contributed by atoms with van der Waals surface area (Å²) in [6, 6.07) is 5.70. The molecule has 1 aromatic heterocycles. The number of hydrogen-bond donors (Lipinski definition) is 2. The van der Waals surface area contributed by atoms with Gasteiger partial charge in [0.1, 0.15) is 5.82 Å². The van der Waals surface area contributed by atoms with Crippen LogP contribution in [0.15, 0.2) is 35.7 Å². The predicted molar refractivity (Wildman–Crippen MR) is 77.5 cm³/mol. The zero-order valence-corrected chi connectivity index (χ0v) is 11.6. The fourth-order valence-corrected chi connectivity index (χ4v) is 2.21. The summed E-state index contributed by atoms with van der Waals surface area (Å²) in [7, 11) is 0. The van der Waals surface area contributed by atoms with Crippen LogP contribution in [0.2, 0.25) is 0 Å². The highest BCUT2D eigenvalue weighted by molar-refractivity contribution is 7.14. The maximum absolute atomic E-state index is 12.7. The summed E-state index contributed by atoms with van der Waals surface area (Å²) in [5.74, 6) is -1.71. The molecule has 0 aliphatic rings. The average Bonchev–Trinajstić information content (AvgIpc) is 2.84. The molecule has 0 bridgehead atoms. The van der Waals surface area contributed by atoms with Gasteiger partial charge >= 0.3 is 5.97 Å². The van der Waals surface area contributed by atoms with E-state index in [1.807, 2.05) is 0 Å². The van der Waals surface area contributed by atoms with E-state index in [2.05, 4.69) is 10.3 Å². The summed E-state index contributed by atoms with van der Waals surface area (Å²) < 4.78 is 12.7. The van der Waals surface area contributed by atoms with Crippen LogP contribution in [0.4, 0.5) is 9.52 Å². The fraction of sp³-hybridized carbons (Fsp3) is 0.0714. The Labute approximate surface area is 123 Å². The Kier molecular flexibility index (Phi) is 4.78. The highest BCUT2D eigenvalue weighted by Crippen LogP contribution is 2.16. The lowest BCUT2D eigenvalue weighted by atomic mass is 10.2. The molecule has 0 saturated heterocycles. The molecule has 5 nitrogen and oxygen atoms in total. The maximum Gasteiger partial charge on any atom is 0.309 e. The van der Waals surface area contributed by atoms with E-state index < -0.39 is 11.9 Å². The Morgan fingerprint density at radius 1 is 1.33 bits per heavy atom. The van der Waals surface area contributed by atoms with Crippen molar-refractivity contribution in [3.8, 4) is 0 Å². The number of anilines is 1. The predicted octanol–water partition coefficient (Wildman–Crippen LogP) is 2.56. The van der Waals surface area contributed by atoms with Gasteiger partial charge in [-0.25, -0.2) is 9.37 Å². The Morgan fingerprint density at radius 3 is 2.71 bits per heavy atom. The van der Waals surface area contributed by atoms with Crippen LogP contribution in [0.1, 0.15) is 11.3 Å². The van der Waals surface area contributed by atoms with Crippen LogP contribution in [0.3, 0.4) is 0 Å². The fourth-order valence-electron chi connectivity index (χ4n) is 1.49. The summed E-state index contributed by atoms with van der Waals surface area (Å²) in [5.41, 5.74) is 1.09. The van der Waals surface area contributed by atoms with Gasteiger partial charge in [-0.2, -0.15) is 0 Å². The molecule has 0 fully saturated rings. The number of hydrogen-bond acceptors (Lipinski definition) is 4. The van der Waals surface area contributed by atoms with Crippen molar-refractivity contribution < 1.29 is 19.1 Å². The Morgan fingerprint density at radius 2 is 2.05 bits per heavy atom. The number of carbonyl (C=O) groups excluding carboxylic acids is 1. The van der Waals surface area contributed by atoms with Gasteiger partial charge in [0.2, 0.25) is 5.91 Å². The lowest BCUT2D eigenvalue weighted by molar-refractivity contribution is -0.136. The molecule has 7 heteroatoms. The molecule has 21 heavy (non-hydrogen) atoms. The van der Waals surface area contributed by atoms with Gasteiger partial charge in [0.15, 0.2) is 5.13 Å². The third kappa shape index (κ3) is 4.81. The van der Waals surface area contributed by atoms with Gasteiger partial charge in [-0.3, -0.25) is 14.9 Å². The second kappa shape index (κ2) is 6.76.